The van der Waals surface area contributed by atoms with Gasteiger partial charge in [0.05, 0.1) is 0 Å². The van der Waals surface area contributed by atoms with Gasteiger partial charge in [-0.1, -0.05) is 67.1 Å². The van der Waals surface area contributed by atoms with Gasteiger partial charge >= 0.3 is 0 Å². The molecule has 0 spiro atoms. The van der Waals surface area contributed by atoms with Crippen LogP contribution in [0.5, 0.6) is 0 Å². The van der Waals surface area contributed by atoms with E-state index in [9.17, 15) is 4.79 Å². The Hall–Kier alpha value is -2.36. The second-order valence-electron chi connectivity index (χ2n) is 9.60. The first-order valence-corrected chi connectivity index (χ1v) is 12.2. The van der Waals surface area contributed by atoms with E-state index in [0.29, 0.717) is 17.8 Å². The van der Waals surface area contributed by atoms with Gasteiger partial charge < -0.3 is 9.80 Å². The lowest BCUT2D eigenvalue weighted by Crippen LogP contribution is -2.38. The molecule has 3 aromatic carbocycles. The van der Waals surface area contributed by atoms with Gasteiger partial charge in [-0.3, -0.25) is 4.79 Å². The third-order valence-electron chi connectivity index (χ3n) is 7.48. The Labute approximate surface area is 196 Å². The summed E-state index contributed by atoms with van der Waals surface area (Å²) in [5.74, 6) is 1.85. The molecule has 0 radical (unpaired) electrons. The fraction of sp³-hybridized carbons (Fsp3) is 0.393. The van der Waals surface area contributed by atoms with Gasteiger partial charge in [0.15, 0.2) is 0 Å². The Morgan fingerprint density at radius 2 is 1.72 bits per heavy atom. The molecule has 0 bridgehead atoms. The summed E-state index contributed by atoms with van der Waals surface area (Å²) in [6, 6.07) is 22.6. The molecule has 2 atom stereocenters. The molecule has 4 heteroatoms. The van der Waals surface area contributed by atoms with Gasteiger partial charge in [0, 0.05) is 30.2 Å². The van der Waals surface area contributed by atoms with E-state index in [1.807, 2.05) is 30.3 Å². The molecular formula is C28H31ClN2O. The predicted molar refractivity (Wildman–Crippen MR) is 132 cm³/mol. The van der Waals surface area contributed by atoms with E-state index in [1.165, 1.54) is 18.4 Å². The maximum absolute atomic E-state index is 13.4. The normalized spacial score (nSPS) is 22.5. The highest BCUT2D eigenvalue weighted by molar-refractivity contribution is 6.30. The van der Waals surface area contributed by atoms with E-state index in [-0.39, 0.29) is 5.91 Å². The molecule has 32 heavy (non-hydrogen) atoms. The van der Waals surface area contributed by atoms with E-state index < -0.39 is 0 Å². The van der Waals surface area contributed by atoms with E-state index in [1.54, 1.807) is 0 Å². The predicted octanol–water partition coefficient (Wildman–Crippen LogP) is 6.08. The summed E-state index contributed by atoms with van der Waals surface area (Å²) in [6.45, 7) is 7.35. The fourth-order valence-electron chi connectivity index (χ4n) is 5.56. The van der Waals surface area contributed by atoms with Crippen molar-refractivity contribution < 1.29 is 4.79 Å². The number of halogens is 1. The largest absolute Gasteiger partial charge is 0.338 e. The molecule has 2 unspecified atom stereocenters. The van der Waals surface area contributed by atoms with Crippen LogP contribution >= 0.6 is 11.6 Å². The molecule has 5 rings (SSSR count). The minimum absolute atomic E-state index is 0.177. The lowest BCUT2D eigenvalue weighted by molar-refractivity contribution is 0.0782. The van der Waals surface area contributed by atoms with Crippen molar-refractivity contribution >= 4 is 28.3 Å². The lowest BCUT2D eigenvalue weighted by Gasteiger charge is -2.34. The molecule has 2 heterocycles. The van der Waals surface area contributed by atoms with Crippen LogP contribution in [0.15, 0.2) is 66.7 Å². The standard InChI is InChI=1S/C28H31ClN2O/c1-20-17-31(28(32)27-11-5-7-22-6-2-3-10-26(22)27)19-24(20)18-30-14-12-21(13-15-30)23-8-4-9-25(29)16-23/h2-11,16,20-21,24H,12-15,17-19H2,1H3. The first-order valence-electron chi connectivity index (χ1n) is 11.8. The highest BCUT2D eigenvalue weighted by Gasteiger charge is 2.35. The number of benzene rings is 3. The Morgan fingerprint density at radius 3 is 2.53 bits per heavy atom. The van der Waals surface area contributed by atoms with Gasteiger partial charge in [-0.15, -0.1) is 0 Å². The molecule has 3 aromatic rings. The number of nitrogens with zero attached hydrogens (tertiary/aromatic N) is 2. The molecule has 0 saturated carbocycles. The van der Waals surface area contributed by atoms with Crippen LogP contribution in [0.25, 0.3) is 10.8 Å². The van der Waals surface area contributed by atoms with Crippen LogP contribution in [0.4, 0.5) is 0 Å². The number of likely N-dealkylation sites (tertiary alicyclic amines) is 2. The van der Waals surface area contributed by atoms with Crippen LogP contribution in [0.3, 0.4) is 0 Å². The summed E-state index contributed by atoms with van der Waals surface area (Å²) in [5.41, 5.74) is 2.21. The molecule has 2 aliphatic rings. The Kier molecular flexibility index (Phi) is 6.21. The molecule has 2 aliphatic heterocycles. The summed E-state index contributed by atoms with van der Waals surface area (Å²) in [7, 11) is 0. The van der Waals surface area contributed by atoms with Gasteiger partial charge in [-0.05, 0) is 78.2 Å². The number of rotatable bonds is 4. The molecule has 0 aromatic heterocycles. The van der Waals surface area contributed by atoms with Gasteiger partial charge in [0.2, 0.25) is 0 Å². The first kappa shape index (κ1) is 21.5. The van der Waals surface area contributed by atoms with Crippen LogP contribution in [0.1, 0.15) is 41.6 Å². The summed E-state index contributed by atoms with van der Waals surface area (Å²) in [5, 5.41) is 3.02. The molecule has 0 aliphatic carbocycles. The van der Waals surface area contributed by atoms with Crippen molar-refractivity contribution in [3.63, 3.8) is 0 Å². The monoisotopic (exact) mass is 446 g/mol. The van der Waals surface area contributed by atoms with Crippen molar-refractivity contribution in [3.8, 4) is 0 Å². The highest BCUT2D eigenvalue weighted by atomic mass is 35.5. The minimum Gasteiger partial charge on any atom is -0.338 e. The fourth-order valence-corrected chi connectivity index (χ4v) is 5.76. The maximum Gasteiger partial charge on any atom is 0.254 e. The second kappa shape index (κ2) is 9.25. The van der Waals surface area contributed by atoms with E-state index in [2.05, 4.69) is 53.1 Å². The third kappa shape index (κ3) is 4.42. The number of amides is 1. The first-order chi connectivity index (χ1) is 15.6. The molecule has 166 valence electrons. The van der Waals surface area contributed by atoms with E-state index >= 15 is 0 Å². The summed E-state index contributed by atoms with van der Waals surface area (Å²) in [4.78, 5) is 18.1. The summed E-state index contributed by atoms with van der Waals surface area (Å²) in [6.07, 6.45) is 2.36. The van der Waals surface area contributed by atoms with Crippen molar-refractivity contribution in [3.05, 3.63) is 82.9 Å². The smallest absolute Gasteiger partial charge is 0.254 e. The van der Waals surface area contributed by atoms with Crippen molar-refractivity contribution in [1.82, 2.24) is 9.80 Å². The average Bonchev–Trinajstić information content (AvgIpc) is 3.19. The Bertz CT molecular complexity index is 1100. The number of hydrogen-bond donors (Lipinski definition) is 0. The Balaban J connectivity index is 1.20. The number of carbonyl (C=O) groups excluding carboxylic acids is 1. The zero-order valence-corrected chi connectivity index (χ0v) is 19.5. The third-order valence-corrected chi connectivity index (χ3v) is 7.71. The van der Waals surface area contributed by atoms with Crippen molar-refractivity contribution in [2.75, 3.05) is 32.7 Å². The molecule has 0 N–H and O–H groups in total. The van der Waals surface area contributed by atoms with Crippen LogP contribution in [0, 0.1) is 11.8 Å². The van der Waals surface area contributed by atoms with Crippen molar-refractivity contribution in [2.24, 2.45) is 11.8 Å². The second-order valence-corrected chi connectivity index (χ2v) is 10.0. The van der Waals surface area contributed by atoms with Crippen molar-refractivity contribution in [1.29, 1.82) is 0 Å². The van der Waals surface area contributed by atoms with E-state index in [4.69, 9.17) is 11.6 Å². The van der Waals surface area contributed by atoms with Gasteiger partial charge in [0.1, 0.15) is 0 Å². The maximum atomic E-state index is 13.4. The van der Waals surface area contributed by atoms with Crippen LogP contribution in [0.2, 0.25) is 5.02 Å². The molecular weight excluding hydrogens is 416 g/mol. The zero-order chi connectivity index (χ0) is 22.1. The van der Waals surface area contributed by atoms with Crippen LogP contribution < -0.4 is 0 Å². The van der Waals surface area contributed by atoms with Gasteiger partial charge in [-0.2, -0.15) is 0 Å². The minimum atomic E-state index is 0.177. The lowest BCUT2D eigenvalue weighted by atomic mass is 9.88. The Morgan fingerprint density at radius 1 is 0.969 bits per heavy atom. The topological polar surface area (TPSA) is 23.6 Å². The number of piperidine rings is 1. The van der Waals surface area contributed by atoms with E-state index in [0.717, 1.165) is 54.1 Å². The molecule has 3 nitrogen and oxygen atoms in total. The van der Waals surface area contributed by atoms with Gasteiger partial charge in [0.25, 0.3) is 5.91 Å². The van der Waals surface area contributed by atoms with Crippen molar-refractivity contribution in [2.45, 2.75) is 25.7 Å². The molecule has 1 amide bonds. The quantitative estimate of drug-likeness (QED) is 0.484. The molecule has 2 saturated heterocycles. The summed E-state index contributed by atoms with van der Waals surface area (Å²) >= 11 is 6.20. The average molecular weight is 447 g/mol. The van der Waals surface area contributed by atoms with Crippen LogP contribution in [-0.2, 0) is 0 Å². The van der Waals surface area contributed by atoms with Crippen LogP contribution in [-0.4, -0.2) is 48.4 Å². The number of fused-ring (bicyclic) bond motifs is 1. The molecule has 2 fully saturated rings. The summed E-state index contributed by atoms with van der Waals surface area (Å²) < 4.78 is 0. The zero-order valence-electron chi connectivity index (χ0n) is 18.7. The number of hydrogen-bond acceptors (Lipinski definition) is 2. The van der Waals surface area contributed by atoms with Gasteiger partial charge in [-0.25, -0.2) is 0 Å². The highest BCUT2D eigenvalue weighted by Crippen LogP contribution is 2.32. The number of carbonyl (C=O) groups is 1. The SMILES string of the molecule is CC1CN(C(=O)c2cccc3ccccc23)CC1CN1CCC(c2cccc(Cl)c2)CC1.